The third kappa shape index (κ3) is 6.12. The number of amides is 1. The third-order valence-electron chi connectivity index (χ3n) is 4.15. The molecule has 2 rings (SSSR count). The summed E-state index contributed by atoms with van der Waals surface area (Å²) < 4.78 is 25.8. The van der Waals surface area contributed by atoms with Crippen LogP contribution in [0.25, 0.3) is 0 Å². The Bertz CT molecular complexity index is 929. The lowest BCUT2D eigenvalue weighted by Gasteiger charge is -2.24. The Labute approximate surface area is 176 Å². The Morgan fingerprint density at radius 1 is 1.11 bits per heavy atom. The van der Waals surface area contributed by atoms with Crippen molar-refractivity contribution >= 4 is 44.8 Å². The normalized spacial score (nSPS) is 11.5. The second kappa shape index (κ2) is 9.63. The molecule has 0 unspecified atom stereocenters. The van der Waals surface area contributed by atoms with Crippen molar-refractivity contribution in [1.82, 2.24) is 5.32 Å². The molecule has 1 N–H and O–H groups in total. The van der Waals surface area contributed by atoms with Crippen LogP contribution in [-0.2, 0) is 16.6 Å². The van der Waals surface area contributed by atoms with E-state index in [0.29, 0.717) is 23.7 Å². The lowest BCUT2D eigenvalue weighted by atomic mass is 10.1. The van der Waals surface area contributed by atoms with Crippen molar-refractivity contribution in [2.75, 3.05) is 17.1 Å². The minimum absolute atomic E-state index is 0.0775. The van der Waals surface area contributed by atoms with Gasteiger partial charge in [-0.2, -0.15) is 0 Å². The summed E-state index contributed by atoms with van der Waals surface area (Å²) in [6.45, 7) is 4.89. The van der Waals surface area contributed by atoms with Crippen molar-refractivity contribution in [3.05, 3.63) is 63.6 Å². The summed E-state index contributed by atoms with van der Waals surface area (Å²) in [5.74, 6) is 0.369. The van der Waals surface area contributed by atoms with Gasteiger partial charge in [0.25, 0.3) is 5.91 Å². The molecule has 0 aliphatic heterocycles. The molecular weight excluding hydrogens is 419 g/mol. The van der Waals surface area contributed by atoms with Gasteiger partial charge in [-0.1, -0.05) is 55.2 Å². The summed E-state index contributed by atoms with van der Waals surface area (Å²) in [5, 5.41) is 3.33. The lowest BCUT2D eigenvalue weighted by molar-refractivity contribution is 0.0952. The van der Waals surface area contributed by atoms with Crippen molar-refractivity contribution in [1.29, 1.82) is 0 Å². The molecule has 8 heteroatoms. The van der Waals surface area contributed by atoms with E-state index in [4.69, 9.17) is 23.2 Å². The number of nitrogens with zero attached hydrogens (tertiary/aromatic N) is 1. The van der Waals surface area contributed by atoms with E-state index in [9.17, 15) is 13.2 Å². The zero-order valence-corrected chi connectivity index (χ0v) is 18.4. The largest absolute Gasteiger partial charge is 0.352 e. The van der Waals surface area contributed by atoms with Crippen LogP contribution in [0.4, 0.5) is 5.69 Å². The number of carbonyl (C=O) groups excluding carboxylic acids is 1. The van der Waals surface area contributed by atoms with Gasteiger partial charge in [0.15, 0.2) is 0 Å². The highest BCUT2D eigenvalue weighted by Crippen LogP contribution is 2.34. The van der Waals surface area contributed by atoms with E-state index in [0.717, 1.165) is 18.2 Å². The van der Waals surface area contributed by atoms with Crippen molar-refractivity contribution < 1.29 is 13.2 Å². The minimum atomic E-state index is -3.59. The van der Waals surface area contributed by atoms with Gasteiger partial charge in [0.05, 0.1) is 28.5 Å². The summed E-state index contributed by atoms with van der Waals surface area (Å²) in [5.41, 5.74) is 1.56. The second-order valence-corrected chi connectivity index (χ2v) is 9.67. The SMILES string of the molecule is CC(C)CCNC(=O)c1ccc(CN(c2cccc(Cl)c2Cl)S(C)(=O)=O)cc1. The Morgan fingerprint density at radius 2 is 1.75 bits per heavy atom. The van der Waals surface area contributed by atoms with Crippen molar-refractivity contribution in [3.8, 4) is 0 Å². The second-order valence-electron chi connectivity index (χ2n) is 6.98. The number of hydrogen-bond acceptors (Lipinski definition) is 3. The fourth-order valence-electron chi connectivity index (χ4n) is 2.57. The molecule has 0 bridgehead atoms. The van der Waals surface area contributed by atoms with Crippen molar-refractivity contribution in [2.24, 2.45) is 5.92 Å². The maximum absolute atomic E-state index is 12.3. The number of sulfonamides is 1. The quantitative estimate of drug-likeness (QED) is 0.641. The number of nitrogens with one attached hydrogen (secondary N) is 1. The first-order chi connectivity index (χ1) is 13.1. The van der Waals surface area contributed by atoms with Crippen molar-refractivity contribution in [2.45, 2.75) is 26.8 Å². The zero-order chi connectivity index (χ0) is 20.9. The zero-order valence-electron chi connectivity index (χ0n) is 16.1. The van der Waals surface area contributed by atoms with Gasteiger partial charge in [-0.15, -0.1) is 0 Å². The molecule has 0 heterocycles. The average molecular weight is 443 g/mol. The van der Waals surface area contributed by atoms with Gasteiger partial charge in [0, 0.05) is 12.1 Å². The summed E-state index contributed by atoms with van der Waals surface area (Å²) in [7, 11) is -3.59. The van der Waals surface area contributed by atoms with E-state index in [2.05, 4.69) is 19.2 Å². The van der Waals surface area contributed by atoms with Crippen LogP contribution in [0.15, 0.2) is 42.5 Å². The summed E-state index contributed by atoms with van der Waals surface area (Å²) >= 11 is 12.2. The smallest absolute Gasteiger partial charge is 0.251 e. The maximum Gasteiger partial charge on any atom is 0.251 e. The van der Waals surface area contributed by atoms with E-state index < -0.39 is 10.0 Å². The highest BCUT2D eigenvalue weighted by atomic mass is 35.5. The van der Waals surface area contributed by atoms with Crippen LogP contribution in [-0.4, -0.2) is 27.1 Å². The van der Waals surface area contributed by atoms with Crippen LogP contribution in [0.1, 0.15) is 36.2 Å². The van der Waals surface area contributed by atoms with Crippen molar-refractivity contribution in [3.63, 3.8) is 0 Å². The monoisotopic (exact) mass is 442 g/mol. The van der Waals surface area contributed by atoms with E-state index in [1.165, 1.54) is 4.31 Å². The minimum Gasteiger partial charge on any atom is -0.352 e. The molecule has 0 saturated carbocycles. The highest BCUT2D eigenvalue weighted by molar-refractivity contribution is 7.92. The molecular formula is C20H24Cl2N2O3S. The van der Waals surface area contributed by atoms with Crippen LogP contribution in [0, 0.1) is 5.92 Å². The highest BCUT2D eigenvalue weighted by Gasteiger charge is 2.21. The maximum atomic E-state index is 12.3. The Morgan fingerprint density at radius 3 is 2.32 bits per heavy atom. The van der Waals surface area contributed by atoms with E-state index >= 15 is 0 Å². The molecule has 1 amide bonds. The molecule has 2 aromatic carbocycles. The Balaban J connectivity index is 2.18. The molecule has 0 radical (unpaired) electrons. The molecule has 152 valence electrons. The summed E-state index contributed by atoms with van der Waals surface area (Å²) in [6.07, 6.45) is 2.02. The molecule has 0 saturated heterocycles. The predicted octanol–water partition coefficient (Wildman–Crippen LogP) is 4.74. The number of carbonyl (C=O) groups is 1. The molecule has 0 aliphatic carbocycles. The Hall–Kier alpha value is -1.76. The molecule has 28 heavy (non-hydrogen) atoms. The molecule has 0 fully saturated rings. The molecule has 0 spiro atoms. The van der Waals surface area contributed by atoms with Crippen LogP contribution in [0.3, 0.4) is 0 Å². The molecule has 0 aliphatic rings. The third-order valence-corrected chi connectivity index (χ3v) is 6.09. The van der Waals surface area contributed by atoms with Gasteiger partial charge in [-0.25, -0.2) is 8.42 Å². The van der Waals surface area contributed by atoms with Gasteiger partial charge in [-0.3, -0.25) is 9.10 Å². The molecule has 2 aromatic rings. The van der Waals surface area contributed by atoms with E-state index in [-0.39, 0.29) is 22.5 Å². The van der Waals surface area contributed by atoms with Gasteiger partial charge in [0.1, 0.15) is 0 Å². The molecule has 0 atom stereocenters. The number of hydrogen-bond donors (Lipinski definition) is 1. The molecule has 0 aromatic heterocycles. The predicted molar refractivity (Wildman–Crippen MR) is 116 cm³/mol. The molecule has 5 nitrogen and oxygen atoms in total. The number of benzene rings is 2. The first-order valence-electron chi connectivity index (χ1n) is 8.88. The summed E-state index contributed by atoms with van der Waals surface area (Å²) in [6, 6.07) is 11.7. The summed E-state index contributed by atoms with van der Waals surface area (Å²) in [4.78, 5) is 12.2. The number of rotatable bonds is 8. The van der Waals surface area contributed by atoms with Gasteiger partial charge in [-0.05, 0) is 42.2 Å². The lowest BCUT2D eigenvalue weighted by Crippen LogP contribution is -2.29. The van der Waals surface area contributed by atoms with E-state index in [1.54, 1.807) is 42.5 Å². The number of halogens is 2. The standard InChI is InChI=1S/C20H24Cl2N2O3S/c1-14(2)11-12-23-20(25)16-9-7-15(8-10-16)13-24(28(3,26)27)18-6-4-5-17(21)19(18)22/h4-10,14H,11-13H2,1-3H3,(H,23,25). The van der Waals surface area contributed by atoms with Gasteiger partial charge in [0.2, 0.25) is 10.0 Å². The fraction of sp³-hybridized carbons (Fsp3) is 0.350. The van der Waals surface area contributed by atoms with E-state index in [1.807, 2.05) is 0 Å². The van der Waals surface area contributed by atoms with Crippen LogP contribution in [0.2, 0.25) is 10.0 Å². The topological polar surface area (TPSA) is 66.5 Å². The first-order valence-corrected chi connectivity index (χ1v) is 11.5. The van der Waals surface area contributed by atoms with Crippen LogP contribution in [0.5, 0.6) is 0 Å². The number of anilines is 1. The fourth-order valence-corrected chi connectivity index (χ4v) is 3.91. The van der Waals surface area contributed by atoms with Gasteiger partial charge < -0.3 is 5.32 Å². The first kappa shape index (κ1) is 22.5. The Kier molecular flexibility index (Phi) is 7.75. The average Bonchev–Trinajstić information content (AvgIpc) is 2.61. The van der Waals surface area contributed by atoms with Crippen LogP contribution < -0.4 is 9.62 Å². The van der Waals surface area contributed by atoms with Gasteiger partial charge >= 0.3 is 0 Å². The van der Waals surface area contributed by atoms with Crippen LogP contribution >= 0.6 is 23.2 Å².